The Morgan fingerprint density at radius 3 is 2.69 bits per heavy atom. The highest BCUT2D eigenvalue weighted by atomic mass is 32.2. The predicted molar refractivity (Wildman–Crippen MR) is 121 cm³/mol. The molecular weight excluding hydrogens is 505 g/mol. The quantitative estimate of drug-likeness (QED) is 0.515. The summed E-state index contributed by atoms with van der Waals surface area (Å²) in [7, 11) is -3.94. The minimum Gasteiger partial charge on any atom is -0.444 e. The van der Waals surface area contributed by atoms with Crippen molar-refractivity contribution in [1.29, 1.82) is 0 Å². The zero-order valence-electron chi connectivity index (χ0n) is 18.9. The van der Waals surface area contributed by atoms with Gasteiger partial charge in [-0.05, 0) is 36.8 Å². The fourth-order valence-electron chi connectivity index (χ4n) is 3.89. The van der Waals surface area contributed by atoms with Crippen molar-refractivity contribution in [2.45, 2.75) is 30.3 Å². The van der Waals surface area contributed by atoms with E-state index in [1.807, 2.05) is 0 Å². The van der Waals surface area contributed by atoms with Crippen LogP contribution in [0.15, 0.2) is 47.6 Å². The van der Waals surface area contributed by atoms with Crippen LogP contribution in [-0.2, 0) is 24.4 Å². The summed E-state index contributed by atoms with van der Waals surface area (Å²) in [6.45, 7) is 0.268. The van der Waals surface area contributed by atoms with Crippen LogP contribution in [0.2, 0.25) is 0 Å². The Hall–Kier alpha value is -3.23. The van der Waals surface area contributed by atoms with Gasteiger partial charge in [0.15, 0.2) is 5.78 Å². The number of hydrogen-bond donors (Lipinski definition) is 0. The first kappa shape index (κ1) is 25.9. The third kappa shape index (κ3) is 5.60. The van der Waals surface area contributed by atoms with Crippen LogP contribution in [0.1, 0.15) is 12.8 Å². The lowest BCUT2D eigenvalue weighted by atomic mass is 10.1. The van der Waals surface area contributed by atoms with Crippen LogP contribution in [0.3, 0.4) is 0 Å². The first-order valence-corrected chi connectivity index (χ1v) is 12.5. The van der Waals surface area contributed by atoms with Gasteiger partial charge in [0.2, 0.25) is 0 Å². The van der Waals surface area contributed by atoms with E-state index in [-0.39, 0.29) is 55.5 Å². The van der Waals surface area contributed by atoms with Crippen molar-refractivity contribution in [2.75, 3.05) is 42.6 Å². The molecule has 2 fully saturated rings. The summed E-state index contributed by atoms with van der Waals surface area (Å²) >= 11 is 0. The van der Waals surface area contributed by atoms with Gasteiger partial charge < -0.3 is 9.64 Å². The molecule has 0 radical (unpaired) electrons. The first-order valence-electron chi connectivity index (χ1n) is 11.1. The summed E-state index contributed by atoms with van der Waals surface area (Å²) in [6.07, 6.45) is -2.43. The van der Waals surface area contributed by atoms with Crippen LogP contribution in [0.4, 0.5) is 29.3 Å². The third-order valence-electron chi connectivity index (χ3n) is 5.76. The SMILES string of the molecule is O=C(CC[C@H]1CN(c2ccc(N3CCON(S(=O)(=O)c4cccnc4)CC3)c(F)c2)C(=O)O1)C(F)F. The van der Waals surface area contributed by atoms with Crippen molar-refractivity contribution in [3.05, 3.63) is 48.5 Å². The van der Waals surface area contributed by atoms with Gasteiger partial charge in [-0.15, -0.1) is 0 Å². The largest absolute Gasteiger partial charge is 0.444 e. The predicted octanol–water partition coefficient (Wildman–Crippen LogP) is 2.60. The van der Waals surface area contributed by atoms with Crippen LogP contribution in [0, 0.1) is 5.82 Å². The molecule has 1 atom stereocenters. The smallest absolute Gasteiger partial charge is 0.414 e. The molecule has 0 spiro atoms. The molecular formula is C22H23F3N4O6S. The number of amides is 1. The van der Waals surface area contributed by atoms with E-state index in [2.05, 4.69) is 4.98 Å². The second-order valence-electron chi connectivity index (χ2n) is 8.10. The van der Waals surface area contributed by atoms with Crippen molar-refractivity contribution in [2.24, 2.45) is 0 Å². The van der Waals surface area contributed by atoms with Crippen molar-refractivity contribution >= 4 is 33.3 Å². The Morgan fingerprint density at radius 1 is 1.19 bits per heavy atom. The molecule has 1 aromatic heterocycles. The van der Waals surface area contributed by atoms with Crippen molar-refractivity contribution in [3.63, 3.8) is 0 Å². The molecule has 0 unspecified atom stereocenters. The average Bonchev–Trinajstić information content (AvgIpc) is 3.06. The van der Waals surface area contributed by atoms with E-state index in [9.17, 15) is 26.8 Å². The number of carbonyl (C=O) groups excluding carboxylic acids is 2. The van der Waals surface area contributed by atoms with E-state index < -0.39 is 46.7 Å². The van der Waals surface area contributed by atoms with Gasteiger partial charge >= 0.3 is 6.09 Å². The Morgan fingerprint density at radius 2 is 2.00 bits per heavy atom. The number of aromatic nitrogens is 1. The lowest BCUT2D eigenvalue weighted by Gasteiger charge is -2.23. The van der Waals surface area contributed by atoms with Gasteiger partial charge in [-0.3, -0.25) is 19.5 Å². The highest BCUT2D eigenvalue weighted by Gasteiger charge is 2.34. The number of nitrogens with zero attached hydrogens (tertiary/aromatic N) is 4. The van der Waals surface area contributed by atoms with Crippen molar-refractivity contribution in [1.82, 2.24) is 9.45 Å². The van der Waals surface area contributed by atoms with Gasteiger partial charge in [-0.2, -0.15) is 0 Å². The van der Waals surface area contributed by atoms with Gasteiger partial charge in [0.05, 0.1) is 31.1 Å². The Kier molecular flexibility index (Phi) is 7.76. The number of hydrogen-bond acceptors (Lipinski definition) is 8. The van der Waals surface area contributed by atoms with Crippen LogP contribution in [0.5, 0.6) is 0 Å². The molecule has 1 amide bonds. The number of anilines is 2. The maximum Gasteiger partial charge on any atom is 0.414 e. The van der Waals surface area contributed by atoms with Gasteiger partial charge in [0.25, 0.3) is 16.4 Å². The number of halogens is 3. The molecule has 1 aromatic carbocycles. The lowest BCUT2D eigenvalue weighted by Crippen LogP contribution is -2.34. The molecule has 0 aliphatic carbocycles. The summed E-state index contributed by atoms with van der Waals surface area (Å²) in [5.41, 5.74) is 0.394. The molecule has 36 heavy (non-hydrogen) atoms. The summed E-state index contributed by atoms with van der Waals surface area (Å²) in [4.78, 5) is 35.3. The minimum atomic E-state index is -3.94. The van der Waals surface area contributed by atoms with E-state index in [1.54, 1.807) is 4.90 Å². The summed E-state index contributed by atoms with van der Waals surface area (Å²) in [5.74, 6) is -1.88. The van der Waals surface area contributed by atoms with Crippen LogP contribution >= 0.6 is 0 Å². The fourth-order valence-corrected chi connectivity index (χ4v) is 5.11. The molecule has 2 aliphatic heterocycles. The normalized spacial score (nSPS) is 19.4. The number of hydroxylamine groups is 1. The second kappa shape index (κ2) is 10.8. The zero-order valence-corrected chi connectivity index (χ0v) is 19.7. The number of carbonyl (C=O) groups is 2. The number of benzene rings is 1. The number of sulfonamides is 1. The van der Waals surface area contributed by atoms with E-state index >= 15 is 4.39 Å². The zero-order chi connectivity index (χ0) is 25.9. The molecule has 0 N–H and O–H groups in total. The molecule has 194 valence electrons. The second-order valence-corrected chi connectivity index (χ2v) is 9.93. The highest BCUT2D eigenvalue weighted by molar-refractivity contribution is 7.89. The van der Waals surface area contributed by atoms with Crippen LogP contribution in [-0.4, -0.2) is 75.1 Å². The van der Waals surface area contributed by atoms with Crippen molar-refractivity contribution < 1.29 is 40.8 Å². The van der Waals surface area contributed by atoms with E-state index in [1.165, 1.54) is 36.7 Å². The monoisotopic (exact) mass is 528 g/mol. The maximum atomic E-state index is 15.1. The molecule has 2 saturated heterocycles. The number of Topliss-reactive ketones (excluding diaryl/α,β-unsaturated/α-hetero) is 1. The van der Waals surface area contributed by atoms with E-state index in [4.69, 9.17) is 9.57 Å². The molecule has 14 heteroatoms. The van der Waals surface area contributed by atoms with Gasteiger partial charge in [-0.25, -0.2) is 26.4 Å². The van der Waals surface area contributed by atoms with Gasteiger partial charge in [0.1, 0.15) is 16.8 Å². The van der Waals surface area contributed by atoms with Crippen molar-refractivity contribution in [3.8, 4) is 0 Å². The molecule has 2 aromatic rings. The number of rotatable bonds is 8. The molecule has 2 aliphatic rings. The van der Waals surface area contributed by atoms with Gasteiger partial charge in [0, 0.05) is 31.9 Å². The van der Waals surface area contributed by atoms with Gasteiger partial charge in [-0.1, -0.05) is 4.47 Å². The van der Waals surface area contributed by atoms with E-state index in [0.29, 0.717) is 0 Å². The summed E-state index contributed by atoms with van der Waals surface area (Å²) in [5, 5.41) is 0. The number of pyridine rings is 1. The lowest BCUT2D eigenvalue weighted by molar-refractivity contribution is -0.129. The van der Waals surface area contributed by atoms with Crippen LogP contribution < -0.4 is 9.80 Å². The standard InChI is InChI=1S/C22H23F3N4O6S/c23-18-12-15(28-14-16(35-22(28)31)4-6-20(30)21(24)25)3-5-19(18)27-8-9-29(34-11-10-27)36(32,33)17-2-1-7-26-13-17/h1-3,5,7,12-13,16,21H,4,6,8-11,14H2/t16-/m0/s1. The topological polar surface area (TPSA) is 109 Å². The first-order chi connectivity index (χ1) is 17.2. The molecule has 0 saturated carbocycles. The Labute approximate surface area is 205 Å². The molecule has 3 heterocycles. The number of cyclic esters (lactones) is 1. The number of alkyl halides is 2. The highest BCUT2D eigenvalue weighted by Crippen LogP contribution is 2.29. The summed E-state index contributed by atoms with van der Waals surface area (Å²) in [6, 6.07) is 6.99. The molecule has 10 nitrogen and oxygen atoms in total. The summed E-state index contributed by atoms with van der Waals surface area (Å²) < 4.78 is 71.4. The Bertz CT molecular complexity index is 1220. The van der Waals surface area contributed by atoms with Crippen LogP contribution in [0.25, 0.3) is 0 Å². The fraction of sp³-hybridized carbons (Fsp3) is 0.409. The maximum absolute atomic E-state index is 15.1. The molecule has 4 rings (SSSR count). The van der Waals surface area contributed by atoms with E-state index in [0.717, 1.165) is 15.4 Å². The number of ketones is 1. The third-order valence-corrected chi connectivity index (χ3v) is 7.42. The molecule has 0 bridgehead atoms. The Balaban J connectivity index is 1.41. The minimum absolute atomic E-state index is 0.00709. The number of ether oxygens (including phenoxy) is 1. The average molecular weight is 529 g/mol.